The lowest BCUT2D eigenvalue weighted by Gasteiger charge is -2.28. The van der Waals surface area contributed by atoms with E-state index < -0.39 is 6.09 Å². The smallest absolute Gasteiger partial charge is 0.412 e. The highest BCUT2D eigenvalue weighted by atomic mass is 16.7. The van der Waals surface area contributed by atoms with Crippen molar-refractivity contribution in [3.63, 3.8) is 0 Å². The molecule has 1 unspecified atom stereocenters. The van der Waals surface area contributed by atoms with Gasteiger partial charge < -0.3 is 34.8 Å². The number of nitrogens with one attached hydrogen (secondary N) is 2. The number of ether oxygens (including phenoxy) is 3. The van der Waals surface area contributed by atoms with Gasteiger partial charge in [-0.1, -0.05) is 24.3 Å². The maximum Gasteiger partial charge on any atom is 0.412 e. The van der Waals surface area contributed by atoms with Gasteiger partial charge in [0, 0.05) is 42.3 Å². The predicted molar refractivity (Wildman–Crippen MR) is 118 cm³/mol. The molecule has 8 heteroatoms. The Bertz CT molecular complexity index is 1340. The summed E-state index contributed by atoms with van der Waals surface area (Å²) < 4.78 is 18.9. The molecule has 2 aliphatic heterocycles. The summed E-state index contributed by atoms with van der Waals surface area (Å²) in [5.74, 6) is 2.02. The van der Waals surface area contributed by atoms with Gasteiger partial charge in [-0.3, -0.25) is 0 Å². The molecule has 8 nitrogen and oxygen atoms in total. The van der Waals surface area contributed by atoms with Crippen molar-refractivity contribution >= 4 is 17.0 Å². The standard InChI is InChI=1S/C24H22N4O4/c25-8-9-26-24(29)32-19-7-10-28-18(19)12-16-15-3-1-2-4-17(15)27-22(16)23(28)14-5-6-20-21(11-14)31-13-30-20/h1-7,10-11,23,27H,8-9,12-13,25H2,(H,26,29). The number of nitrogens with zero attached hydrogens (tertiary/aromatic N) is 1. The van der Waals surface area contributed by atoms with Gasteiger partial charge in [-0.05, 0) is 35.4 Å². The zero-order valence-corrected chi connectivity index (χ0v) is 17.3. The van der Waals surface area contributed by atoms with Gasteiger partial charge in [0.1, 0.15) is 0 Å². The molecule has 0 aliphatic carbocycles. The monoisotopic (exact) mass is 430 g/mol. The molecule has 2 aromatic carbocycles. The summed E-state index contributed by atoms with van der Waals surface area (Å²) in [6.07, 6.45) is 2.10. The van der Waals surface area contributed by atoms with Crippen LogP contribution in [0, 0.1) is 0 Å². The zero-order valence-electron chi connectivity index (χ0n) is 17.3. The van der Waals surface area contributed by atoms with E-state index in [-0.39, 0.29) is 12.8 Å². The number of benzene rings is 2. The second kappa shape index (κ2) is 7.35. The minimum absolute atomic E-state index is 0.125. The van der Waals surface area contributed by atoms with E-state index in [2.05, 4.69) is 33.1 Å². The summed E-state index contributed by atoms with van der Waals surface area (Å²) in [5, 5.41) is 3.83. The normalized spacial score (nSPS) is 16.0. The van der Waals surface area contributed by atoms with Gasteiger partial charge in [0.05, 0.1) is 11.7 Å². The fraction of sp³-hybridized carbons (Fsp3) is 0.208. The van der Waals surface area contributed by atoms with Gasteiger partial charge in [-0.25, -0.2) is 4.79 Å². The van der Waals surface area contributed by atoms with E-state index in [0.717, 1.165) is 34.0 Å². The SMILES string of the molecule is NCCNC(=O)Oc1ccn2c1Cc1c([nH]c3ccccc13)C2c1ccc2c(c1)OCO2. The van der Waals surface area contributed by atoms with Crippen molar-refractivity contribution < 1.29 is 19.0 Å². The molecule has 162 valence electrons. The van der Waals surface area contributed by atoms with Crippen molar-refractivity contribution in [3.05, 3.63) is 77.2 Å². The first kappa shape index (κ1) is 18.8. The number of carbonyl (C=O) groups is 1. The van der Waals surface area contributed by atoms with Crippen LogP contribution in [-0.4, -0.2) is 35.5 Å². The first-order chi connectivity index (χ1) is 15.7. The van der Waals surface area contributed by atoms with Crippen LogP contribution >= 0.6 is 0 Å². The topological polar surface area (TPSA) is 104 Å². The Morgan fingerprint density at radius 1 is 1.19 bits per heavy atom. The van der Waals surface area contributed by atoms with E-state index in [1.54, 1.807) is 0 Å². The summed E-state index contributed by atoms with van der Waals surface area (Å²) >= 11 is 0. The minimum Gasteiger partial charge on any atom is -0.454 e. The number of aromatic nitrogens is 2. The highest BCUT2D eigenvalue weighted by Crippen LogP contribution is 2.44. The molecule has 0 saturated heterocycles. The molecule has 2 aliphatic rings. The van der Waals surface area contributed by atoms with Crippen molar-refractivity contribution in [1.29, 1.82) is 0 Å². The molecule has 1 amide bonds. The van der Waals surface area contributed by atoms with E-state index in [1.165, 1.54) is 10.9 Å². The Morgan fingerprint density at radius 2 is 2.06 bits per heavy atom. The van der Waals surface area contributed by atoms with E-state index >= 15 is 0 Å². The van der Waals surface area contributed by atoms with Crippen LogP contribution in [0.4, 0.5) is 4.79 Å². The Labute approximate surface area is 183 Å². The summed E-state index contributed by atoms with van der Waals surface area (Å²) in [5.41, 5.74) is 10.9. The second-order valence-electron chi connectivity index (χ2n) is 7.89. The number of amides is 1. The molecule has 0 radical (unpaired) electrons. The Morgan fingerprint density at radius 3 is 2.97 bits per heavy atom. The Kier molecular flexibility index (Phi) is 4.32. The van der Waals surface area contributed by atoms with Gasteiger partial charge in [-0.15, -0.1) is 0 Å². The number of nitrogens with two attached hydrogens (primary N) is 1. The molecule has 2 aromatic heterocycles. The average molecular weight is 430 g/mol. The molecular formula is C24H22N4O4. The van der Waals surface area contributed by atoms with Gasteiger partial charge in [-0.2, -0.15) is 0 Å². The lowest BCUT2D eigenvalue weighted by Crippen LogP contribution is -2.31. The highest BCUT2D eigenvalue weighted by molar-refractivity contribution is 5.86. The van der Waals surface area contributed by atoms with Crippen LogP contribution in [0.1, 0.15) is 28.6 Å². The number of hydrogen-bond acceptors (Lipinski definition) is 5. The molecule has 0 fully saturated rings. The first-order valence-electron chi connectivity index (χ1n) is 10.6. The number of hydrogen-bond donors (Lipinski definition) is 3. The fourth-order valence-corrected chi connectivity index (χ4v) is 4.65. The van der Waals surface area contributed by atoms with Gasteiger partial charge >= 0.3 is 6.09 Å². The van der Waals surface area contributed by atoms with E-state index in [0.29, 0.717) is 25.3 Å². The third kappa shape index (κ3) is 2.91. The average Bonchev–Trinajstić information content (AvgIpc) is 3.53. The number of rotatable bonds is 4. The molecule has 0 saturated carbocycles. The maximum absolute atomic E-state index is 12.2. The van der Waals surface area contributed by atoms with Crippen molar-refractivity contribution in [1.82, 2.24) is 14.9 Å². The first-order valence-corrected chi connectivity index (χ1v) is 10.6. The number of carbonyl (C=O) groups excluding carboxylic acids is 1. The van der Waals surface area contributed by atoms with E-state index in [4.69, 9.17) is 19.9 Å². The predicted octanol–water partition coefficient (Wildman–Crippen LogP) is 3.29. The second-order valence-corrected chi connectivity index (χ2v) is 7.89. The third-order valence-electron chi connectivity index (χ3n) is 6.05. The van der Waals surface area contributed by atoms with Crippen LogP contribution in [0.2, 0.25) is 0 Å². The Balaban J connectivity index is 1.48. The molecule has 0 bridgehead atoms. The summed E-state index contributed by atoms with van der Waals surface area (Å²) in [6, 6.07) is 16.0. The van der Waals surface area contributed by atoms with Crippen LogP contribution in [0.15, 0.2) is 54.7 Å². The number of H-pyrrole nitrogens is 1. The fourth-order valence-electron chi connectivity index (χ4n) is 4.65. The molecule has 6 rings (SSSR count). The van der Waals surface area contributed by atoms with Crippen molar-refractivity contribution in [3.8, 4) is 17.2 Å². The van der Waals surface area contributed by atoms with Crippen LogP contribution in [0.3, 0.4) is 0 Å². The summed E-state index contributed by atoms with van der Waals surface area (Å²) in [6.45, 7) is 0.945. The summed E-state index contributed by atoms with van der Waals surface area (Å²) in [7, 11) is 0. The largest absolute Gasteiger partial charge is 0.454 e. The van der Waals surface area contributed by atoms with Crippen LogP contribution in [0.25, 0.3) is 10.9 Å². The van der Waals surface area contributed by atoms with Gasteiger partial charge in [0.15, 0.2) is 17.2 Å². The quantitative estimate of drug-likeness (QED) is 0.406. The van der Waals surface area contributed by atoms with E-state index in [1.807, 2.05) is 36.5 Å². The minimum atomic E-state index is -0.506. The number of aromatic amines is 1. The molecule has 1 atom stereocenters. The van der Waals surface area contributed by atoms with Crippen LogP contribution in [0.5, 0.6) is 17.2 Å². The van der Waals surface area contributed by atoms with E-state index in [9.17, 15) is 4.79 Å². The maximum atomic E-state index is 12.2. The molecule has 4 N–H and O–H groups in total. The molecule has 4 heterocycles. The lowest BCUT2D eigenvalue weighted by atomic mass is 9.92. The number of fused-ring (bicyclic) bond motifs is 5. The van der Waals surface area contributed by atoms with Crippen LogP contribution < -0.4 is 25.3 Å². The van der Waals surface area contributed by atoms with Crippen LogP contribution in [-0.2, 0) is 6.42 Å². The highest BCUT2D eigenvalue weighted by Gasteiger charge is 2.33. The number of para-hydroxylation sites is 1. The van der Waals surface area contributed by atoms with Crippen molar-refractivity contribution in [2.24, 2.45) is 5.73 Å². The van der Waals surface area contributed by atoms with Gasteiger partial charge in [0.2, 0.25) is 6.79 Å². The van der Waals surface area contributed by atoms with Crippen molar-refractivity contribution in [2.75, 3.05) is 19.9 Å². The lowest BCUT2D eigenvalue weighted by molar-refractivity contribution is 0.174. The summed E-state index contributed by atoms with van der Waals surface area (Å²) in [4.78, 5) is 15.8. The third-order valence-corrected chi connectivity index (χ3v) is 6.05. The molecule has 32 heavy (non-hydrogen) atoms. The molecular weight excluding hydrogens is 408 g/mol. The Hall–Kier alpha value is -3.91. The van der Waals surface area contributed by atoms with Crippen molar-refractivity contribution in [2.45, 2.75) is 12.5 Å². The zero-order chi connectivity index (χ0) is 21.7. The molecule has 0 spiro atoms. The molecule has 4 aromatic rings. The van der Waals surface area contributed by atoms with Gasteiger partial charge in [0.25, 0.3) is 0 Å².